The lowest BCUT2D eigenvalue weighted by Crippen LogP contribution is -2.01. The van der Waals surface area contributed by atoms with E-state index in [1.165, 1.54) is 10.8 Å². The molecule has 0 saturated heterocycles. The van der Waals surface area contributed by atoms with E-state index in [9.17, 15) is 4.79 Å². The van der Waals surface area contributed by atoms with Gasteiger partial charge in [0, 0.05) is 5.56 Å². The molecule has 0 spiro atoms. The lowest BCUT2D eigenvalue weighted by molar-refractivity contribution is 0.101. The number of carbonyl (C=O) groups is 1. The third kappa shape index (κ3) is 1.96. The van der Waals surface area contributed by atoms with E-state index in [4.69, 9.17) is 0 Å². The maximum absolute atomic E-state index is 11.5. The van der Waals surface area contributed by atoms with Gasteiger partial charge in [-0.1, -0.05) is 35.8 Å². The molecule has 0 amide bonds. The van der Waals surface area contributed by atoms with E-state index in [0.717, 1.165) is 10.9 Å². The molecule has 72 valence electrons. The van der Waals surface area contributed by atoms with Crippen LogP contribution >= 0.6 is 0 Å². The zero-order chi connectivity index (χ0) is 10.8. The van der Waals surface area contributed by atoms with Crippen LogP contribution in [0.15, 0.2) is 36.4 Å². The van der Waals surface area contributed by atoms with Crippen LogP contribution in [0.4, 0.5) is 0 Å². The zero-order valence-electron chi connectivity index (χ0n) is 9.08. The predicted octanol–water partition coefficient (Wildman–Crippen LogP) is 0.332. The van der Waals surface area contributed by atoms with Gasteiger partial charge in [-0.3, -0.25) is 4.79 Å². The van der Waals surface area contributed by atoms with Gasteiger partial charge in [0.25, 0.3) is 0 Å². The molecule has 2 aromatic rings. The van der Waals surface area contributed by atoms with E-state index in [2.05, 4.69) is 26.0 Å². The molecule has 0 fully saturated rings. The number of ketones is 1. The van der Waals surface area contributed by atoms with Crippen LogP contribution in [0.2, 0.25) is 6.32 Å². The van der Waals surface area contributed by atoms with Crippen LogP contribution in [-0.2, 0) is 0 Å². The quantitative estimate of drug-likeness (QED) is 0.497. The first-order valence-corrected chi connectivity index (χ1v) is 5.24. The number of fused-ring (bicyclic) bond motifs is 1. The van der Waals surface area contributed by atoms with Crippen molar-refractivity contribution in [2.45, 2.75) is 6.32 Å². The van der Waals surface area contributed by atoms with Gasteiger partial charge in [0.2, 0.25) is 0 Å². The molecule has 0 atom stereocenters. The maximum atomic E-state index is 11.5. The molecule has 0 heterocycles. The Kier molecular flexibility index (Phi) is 2.63. The van der Waals surface area contributed by atoms with Gasteiger partial charge in [-0.15, -0.1) is 0 Å². The molecule has 1 nitrogen and oxygen atoms in total. The molecule has 0 aliphatic carbocycles. The Labute approximate surface area is 91.3 Å². The molecule has 0 unspecified atom stereocenters. The first-order chi connectivity index (χ1) is 7.20. The van der Waals surface area contributed by atoms with Crippen LogP contribution in [0.25, 0.3) is 10.8 Å². The third-order valence-corrected chi connectivity index (χ3v) is 2.64. The Balaban J connectivity index is 2.57. The van der Waals surface area contributed by atoms with E-state index >= 15 is 0 Å². The fourth-order valence-electron chi connectivity index (χ4n) is 1.74. The fourth-order valence-corrected chi connectivity index (χ4v) is 1.74. The predicted molar refractivity (Wildman–Crippen MR) is 69.8 cm³/mol. The molecule has 0 aliphatic rings. The van der Waals surface area contributed by atoms with Gasteiger partial charge in [-0.25, -0.2) is 0 Å². The highest BCUT2D eigenvalue weighted by molar-refractivity contribution is 6.33. The van der Waals surface area contributed by atoms with E-state index < -0.39 is 0 Å². The summed E-state index contributed by atoms with van der Waals surface area (Å²) >= 11 is 0. The highest BCUT2D eigenvalue weighted by Crippen LogP contribution is 2.15. The van der Waals surface area contributed by atoms with Crippen LogP contribution in [0.1, 0.15) is 10.4 Å². The lowest BCUT2D eigenvalue weighted by Gasteiger charge is -2.02. The molecule has 0 N–H and O–H groups in total. The van der Waals surface area contributed by atoms with Gasteiger partial charge in [-0.2, -0.15) is 0 Å². The summed E-state index contributed by atoms with van der Waals surface area (Å²) in [6.45, 7) is 0. The molecule has 3 heteroatoms. The van der Waals surface area contributed by atoms with Gasteiger partial charge < -0.3 is 0 Å². The number of rotatable bonds is 2. The summed E-state index contributed by atoms with van der Waals surface area (Å²) in [6.07, 6.45) is 0.567. The first-order valence-electron chi connectivity index (χ1n) is 5.24. The van der Waals surface area contributed by atoms with E-state index in [0.29, 0.717) is 6.32 Å². The summed E-state index contributed by atoms with van der Waals surface area (Å²) in [5.74, 6) is 0.206. The molecule has 0 bridgehead atoms. The van der Waals surface area contributed by atoms with Crippen molar-refractivity contribution in [1.29, 1.82) is 0 Å². The molecule has 2 rings (SSSR count). The normalized spacial score (nSPS) is 10.4. The summed E-state index contributed by atoms with van der Waals surface area (Å²) in [5.41, 5.74) is 2.06. The lowest BCUT2D eigenvalue weighted by atomic mass is 9.91. The minimum Gasteiger partial charge on any atom is -0.295 e. The van der Waals surface area contributed by atoms with E-state index in [-0.39, 0.29) is 5.78 Å². The molecule has 0 aromatic heterocycles. The highest BCUT2D eigenvalue weighted by Gasteiger charge is 2.03. The molecule has 15 heavy (non-hydrogen) atoms. The second kappa shape index (κ2) is 3.93. The zero-order valence-corrected chi connectivity index (χ0v) is 9.08. The van der Waals surface area contributed by atoms with Gasteiger partial charge >= 0.3 is 0 Å². The Bertz CT molecular complexity index is 520. The van der Waals surface area contributed by atoms with Crippen molar-refractivity contribution in [3.63, 3.8) is 0 Å². The second-order valence-electron chi connectivity index (χ2n) is 3.84. The van der Waals surface area contributed by atoms with Gasteiger partial charge in [-0.05, 0) is 23.2 Å². The molecule has 0 radical (unpaired) electrons. The molecular formula is C12H12B2O. The summed E-state index contributed by atoms with van der Waals surface area (Å²) in [4.78, 5) is 11.5. The fraction of sp³-hybridized carbons (Fsp3) is 0.0833. The van der Waals surface area contributed by atoms with Crippen molar-refractivity contribution in [3.8, 4) is 0 Å². The topological polar surface area (TPSA) is 17.1 Å². The molecule has 0 saturated carbocycles. The Hall–Kier alpha value is -1.50. The van der Waals surface area contributed by atoms with Crippen LogP contribution in [-0.4, -0.2) is 21.5 Å². The molecule has 0 aliphatic heterocycles. The number of Topliss-reactive ketones (excluding diaryl/α,β-unsaturated/α-hetero) is 1. The minimum atomic E-state index is 0.206. The Morgan fingerprint density at radius 3 is 2.47 bits per heavy atom. The van der Waals surface area contributed by atoms with Crippen LogP contribution in [0, 0.1) is 0 Å². The average Bonchev–Trinajstić information content (AvgIpc) is 2.27. The number of hydrogen-bond donors (Lipinski definition) is 0. The summed E-state index contributed by atoms with van der Waals surface area (Å²) < 4.78 is 0. The molecule has 2 aromatic carbocycles. The number of carbonyl (C=O) groups excluding carboxylic acids is 1. The van der Waals surface area contributed by atoms with Crippen molar-refractivity contribution in [2.75, 3.05) is 0 Å². The summed E-state index contributed by atoms with van der Waals surface area (Å²) in [6, 6.07) is 12.2. The van der Waals surface area contributed by atoms with Crippen molar-refractivity contribution in [3.05, 3.63) is 42.0 Å². The molecular weight excluding hydrogens is 182 g/mol. The SMILES string of the molecule is BCC(=O)c1ccc2cc(B)ccc2c1. The monoisotopic (exact) mass is 194 g/mol. The van der Waals surface area contributed by atoms with E-state index in [1.54, 1.807) is 0 Å². The first kappa shape index (κ1) is 10.0. The van der Waals surface area contributed by atoms with Crippen LogP contribution in [0.5, 0.6) is 0 Å². The second-order valence-corrected chi connectivity index (χ2v) is 3.84. The minimum absolute atomic E-state index is 0.206. The van der Waals surface area contributed by atoms with Crippen molar-refractivity contribution in [2.24, 2.45) is 0 Å². The van der Waals surface area contributed by atoms with E-state index in [1.807, 2.05) is 26.0 Å². The highest BCUT2D eigenvalue weighted by atomic mass is 16.1. The average molecular weight is 194 g/mol. The summed E-state index contributed by atoms with van der Waals surface area (Å²) in [7, 11) is 3.96. The summed E-state index contributed by atoms with van der Waals surface area (Å²) in [5, 5.41) is 2.34. The maximum Gasteiger partial charge on any atom is 0.155 e. The van der Waals surface area contributed by atoms with Crippen LogP contribution < -0.4 is 5.46 Å². The van der Waals surface area contributed by atoms with Gasteiger partial charge in [0.05, 0.1) is 0 Å². The smallest absolute Gasteiger partial charge is 0.155 e. The Morgan fingerprint density at radius 2 is 1.73 bits per heavy atom. The number of hydrogen-bond acceptors (Lipinski definition) is 1. The Morgan fingerprint density at radius 1 is 1.07 bits per heavy atom. The van der Waals surface area contributed by atoms with Crippen molar-refractivity contribution >= 4 is 37.7 Å². The van der Waals surface area contributed by atoms with Gasteiger partial charge in [0.1, 0.15) is 15.7 Å². The van der Waals surface area contributed by atoms with Crippen molar-refractivity contribution in [1.82, 2.24) is 0 Å². The largest absolute Gasteiger partial charge is 0.295 e. The number of benzene rings is 2. The standard InChI is InChI=1S/C12H12B2O/c13-7-12(15)10-2-1-9-6-11(14)4-3-8(9)5-10/h1-6H,7,13-14H2. The van der Waals surface area contributed by atoms with Crippen molar-refractivity contribution < 1.29 is 4.79 Å². The third-order valence-electron chi connectivity index (χ3n) is 2.64. The van der Waals surface area contributed by atoms with Gasteiger partial charge in [0.15, 0.2) is 5.78 Å². The van der Waals surface area contributed by atoms with Crippen LogP contribution in [0.3, 0.4) is 0 Å².